The third-order valence-electron chi connectivity index (χ3n) is 3.01. The molecule has 1 aliphatic heterocycles. The lowest BCUT2D eigenvalue weighted by atomic mass is 10.1. The first-order valence-electron chi connectivity index (χ1n) is 6.50. The summed E-state index contributed by atoms with van der Waals surface area (Å²) in [5.74, 6) is 0.0831. The Balaban J connectivity index is 2.49. The maximum Gasteiger partial charge on any atom is 0.265 e. The number of nitrogens with zero attached hydrogens (tertiary/aromatic N) is 1. The minimum absolute atomic E-state index is 0.139. The standard InChI is InChI=1S/C14H16N2O5/c1-3-20-11-5-9(7-17)4-10-14(11)21-8-13(19)16(10)6-12(18)15-2/h4-5,7H,3,6,8H2,1-2H3,(H,15,18). The average molecular weight is 292 g/mol. The zero-order valence-corrected chi connectivity index (χ0v) is 11.8. The van der Waals surface area contributed by atoms with Crippen LogP contribution in [0.4, 0.5) is 5.69 Å². The first-order chi connectivity index (χ1) is 10.1. The van der Waals surface area contributed by atoms with E-state index in [0.717, 1.165) is 0 Å². The molecule has 0 bridgehead atoms. The van der Waals surface area contributed by atoms with Crippen molar-refractivity contribution in [2.24, 2.45) is 0 Å². The molecule has 0 atom stereocenters. The van der Waals surface area contributed by atoms with E-state index in [4.69, 9.17) is 9.47 Å². The number of hydrogen-bond acceptors (Lipinski definition) is 5. The smallest absolute Gasteiger partial charge is 0.265 e. The number of carbonyl (C=O) groups excluding carboxylic acids is 3. The van der Waals surface area contributed by atoms with Gasteiger partial charge < -0.3 is 14.8 Å². The molecule has 1 aliphatic rings. The van der Waals surface area contributed by atoms with E-state index in [1.807, 2.05) is 0 Å². The number of fused-ring (bicyclic) bond motifs is 1. The van der Waals surface area contributed by atoms with E-state index in [-0.39, 0.29) is 25.0 Å². The molecular weight excluding hydrogens is 276 g/mol. The highest BCUT2D eigenvalue weighted by Crippen LogP contribution is 2.41. The molecule has 7 heteroatoms. The van der Waals surface area contributed by atoms with Crippen molar-refractivity contribution < 1.29 is 23.9 Å². The van der Waals surface area contributed by atoms with Crippen LogP contribution >= 0.6 is 0 Å². The molecule has 7 nitrogen and oxygen atoms in total. The van der Waals surface area contributed by atoms with Crippen LogP contribution in [0.3, 0.4) is 0 Å². The maximum atomic E-state index is 12.0. The van der Waals surface area contributed by atoms with Gasteiger partial charge in [0.1, 0.15) is 12.8 Å². The van der Waals surface area contributed by atoms with Crippen molar-refractivity contribution in [3.05, 3.63) is 17.7 Å². The molecule has 0 saturated heterocycles. The molecule has 1 aromatic rings. The summed E-state index contributed by atoms with van der Waals surface area (Å²) in [5.41, 5.74) is 0.709. The number of hydrogen-bond donors (Lipinski definition) is 1. The minimum atomic E-state index is -0.350. The van der Waals surface area contributed by atoms with Crippen molar-refractivity contribution in [1.82, 2.24) is 5.32 Å². The fourth-order valence-corrected chi connectivity index (χ4v) is 2.03. The van der Waals surface area contributed by atoms with Gasteiger partial charge in [0.25, 0.3) is 5.91 Å². The Kier molecular flexibility index (Phi) is 4.42. The van der Waals surface area contributed by atoms with Crippen molar-refractivity contribution in [3.63, 3.8) is 0 Å². The molecule has 0 fully saturated rings. The molecule has 0 saturated carbocycles. The van der Waals surface area contributed by atoms with Crippen molar-refractivity contribution in [3.8, 4) is 11.5 Å². The SMILES string of the molecule is CCOc1cc(C=O)cc2c1OCC(=O)N2CC(=O)NC. The first-order valence-corrected chi connectivity index (χ1v) is 6.50. The molecule has 1 heterocycles. The molecule has 2 amide bonds. The number of benzene rings is 1. The quantitative estimate of drug-likeness (QED) is 0.793. The number of aldehydes is 1. The Morgan fingerprint density at radius 2 is 2.29 bits per heavy atom. The van der Waals surface area contributed by atoms with E-state index in [9.17, 15) is 14.4 Å². The van der Waals surface area contributed by atoms with Gasteiger partial charge in [-0.3, -0.25) is 19.3 Å². The molecule has 0 aliphatic carbocycles. The van der Waals surface area contributed by atoms with Crippen LogP contribution in [-0.2, 0) is 9.59 Å². The van der Waals surface area contributed by atoms with Crippen molar-refractivity contribution in [1.29, 1.82) is 0 Å². The van der Waals surface area contributed by atoms with Gasteiger partial charge >= 0.3 is 0 Å². The number of rotatable bonds is 5. The number of carbonyl (C=O) groups is 3. The summed E-state index contributed by atoms with van der Waals surface area (Å²) < 4.78 is 10.8. The second-order valence-electron chi connectivity index (χ2n) is 4.36. The molecule has 112 valence electrons. The van der Waals surface area contributed by atoms with E-state index >= 15 is 0 Å². The van der Waals surface area contributed by atoms with Gasteiger partial charge in [0.15, 0.2) is 18.1 Å². The summed E-state index contributed by atoms with van der Waals surface area (Å²) in [7, 11) is 1.49. The number of likely N-dealkylation sites (N-methyl/N-ethyl adjacent to an activating group) is 1. The van der Waals surface area contributed by atoms with Crippen LogP contribution in [0.15, 0.2) is 12.1 Å². The normalized spacial score (nSPS) is 13.2. The second kappa shape index (κ2) is 6.25. The number of anilines is 1. The van der Waals surface area contributed by atoms with Crippen molar-refractivity contribution in [2.75, 3.05) is 31.7 Å². The van der Waals surface area contributed by atoms with Gasteiger partial charge in [-0.1, -0.05) is 0 Å². The van der Waals surface area contributed by atoms with E-state index in [1.165, 1.54) is 18.0 Å². The van der Waals surface area contributed by atoms with Gasteiger partial charge in [0.05, 0.1) is 12.3 Å². The lowest BCUT2D eigenvalue weighted by Gasteiger charge is -2.30. The summed E-state index contributed by atoms with van der Waals surface area (Å²) in [6.07, 6.45) is 0.653. The van der Waals surface area contributed by atoms with Gasteiger partial charge in [-0.2, -0.15) is 0 Å². The van der Waals surface area contributed by atoms with Crippen LogP contribution in [-0.4, -0.2) is 44.9 Å². The lowest BCUT2D eigenvalue weighted by molar-refractivity contribution is -0.125. The monoisotopic (exact) mass is 292 g/mol. The van der Waals surface area contributed by atoms with Crippen LogP contribution < -0.4 is 19.7 Å². The predicted octanol–water partition coefficient (Wildman–Crippen LogP) is 0.369. The molecule has 1 N–H and O–H groups in total. The van der Waals surface area contributed by atoms with Crippen molar-refractivity contribution in [2.45, 2.75) is 6.92 Å². The third kappa shape index (κ3) is 2.96. The van der Waals surface area contributed by atoms with E-state index in [2.05, 4.69) is 5.32 Å². The van der Waals surface area contributed by atoms with E-state index in [0.29, 0.717) is 35.6 Å². The Labute approximate surface area is 121 Å². The average Bonchev–Trinajstić information content (AvgIpc) is 2.49. The fraction of sp³-hybridized carbons (Fsp3) is 0.357. The summed E-state index contributed by atoms with van der Waals surface area (Å²) in [5, 5.41) is 2.46. The number of ether oxygens (including phenoxy) is 2. The summed E-state index contributed by atoms with van der Waals surface area (Å²) in [4.78, 5) is 35.8. The fourth-order valence-electron chi connectivity index (χ4n) is 2.03. The van der Waals surface area contributed by atoms with Crippen LogP contribution in [0.5, 0.6) is 11.5 Å². The predicted molar refractivity (Wildman–Crippen MR) is 74.9 cm³/mol. The van der Waals surface area contributed by atoms with Crippen LogP contribution in [0.25, 0.3) is 0 Å². The zero-order valence-electron chi connectivity index (χ0n) is 11.8. The Morgan fingerprint density at radius 3 is 2.90 bits per heavy atom. The van der Waals surface area contributed by atoms with Gasteiger partial charge in [-0.05, 0) is 19.1 Å². The third-order valence-corrected chi connectivity index (χ3v) is 3.01. The Morgan fingerprint density at radius 1 is 1.52 bits per heavy atom. The molecule has 0 spiro atoms. The Hall–Kier alpha value is -2.57. The van der Waals surface area contributed by atoms with Crippen LogP contribution in [0.1, 0.15) is 17.3 Å². The van der Waals surface area contributed by atoms with Gasteiger partial charge in [0.2, 0.25) is 5.91 Å². The molecule has 1 aromatic carbocycles. The summed E-state index contributed by atoms with van der Waals surface area (Å²) in [6, 6.07) is 3.05. The highest BCUT2D eigenvalue weighted by Gasteiger charge is 2.30. The number of amides is 2. The van der Waals surface area contributed by atoms with Gasteiger partial charge in [-0.15, -0.1) is 0 Å². The molecule has 21 heavy (non-hydrogen) atoms. The lowest BCUT2D eigenvalue weighted by Crippen LogP contribution is -2.44. The molecule has 0 aromatic heterocycles. The maximum absolute atomic E-state index is 12.0. The summed E-state index contributed by atoms with van der Waals surface area (Å²) in [6.45, 7) is 1.88. The molecule has 0 unspecified atom stereocenters. The van der Waals surface area contributed by atoms with E-state index in [1.54, 1.807) is 13.0 Å². The molecule has 0 radical (unpaired) electrons. The second-order valence-corrected chi connectivity index (χ2v) is 4.36. The largest absolute Gasteiger partial charge is 0.490 e. The van der Waals surface area contributed by atoms with Gasteiger partial charge in [0, 0.05) is 12.6 Å². The van der Waals surface area contributed by atoms with Crippen LogP contribution in [0, 0.1) is 0 Å². The topological polar surface area (TPSA) is 84.9 Å². The van der Waals surface area contributed by atoms with E-state index < -0.39 is 0 Å². The zero-order chi connectivity index (χ0) is 15.4. The Bertz CT molecular complexity index is 585. The van der Waals surface area contributed by atoms with Gasteiger partial charge in [-0.25, -0.2) is 0 Å². The number of nitrogens with one attached hydrogen (secondary N) is 1. The minimum Gasteiger partial charge on any atom is -0.490 e. The highest BCUT2D eigenvalue weighted by atomic mass is 16.5. The summed E-state index contributed by atoms with van der Waals surface area (Å²) >= 11 is 0. The molecular formula is C14H16N2O5. The molecule has 2 rings (SSSR count). The first kappa shape index (κ1) is 14.8. The highest BCUT2D eigenvalue weighted by molar-refractivity contribution is 6.03. The van der Waals surface area contributed by atoms with Crippen molar-refractivity contribution >= 4 is 23.8 Å². The van der Waals surface area contributed by atoms with Crippen LogP contribution in [0.2, 0.25) is 0 Å².